The van der Waals surface area contributed by atoms with Crippen LogP contribution in [0, 0.1) is 13.8 Å². The summed E-state index contributed by atoms with van der Waals surface area (Å²) in [5.74, 6) is -0.0639. The summed E-state index contributed by atoms with van der Waals surface area (Å²) < 4.78 is 7.77. The Morgan fingerprint density at radius 2 is 1.68 bits per heavy atom. The molecule has 2 aromatic carbocycles. The van der Waals surface area contributed by atoms with Crippen molar-refractivity contribution in [3.8, 4) is 5.75 Å². The van der Waals surface area contributed by atoms with Crippen molar-refractivity contribution >= 4 is 11.7 Å². The van der Waals surface area contributed by atoms with Crippen LogP contribution in [0.3, 0.4) is 0 Å². The normalized spacial score (nSPS) is 11.8. The summed E-state index contributed by atoms with van der Waals surface area (Å²) in [4.78, 5) is 23.8. The van der Waals surface area contributed by atoms with Crippen LogP contribution in [0.5, 0.6) is 5.75 Å². The van der Waals surface area contributed by atoms with Gasteiger partial charge in [-0.25, -0.2) is 0 Å². The molecular formula is C23H24N2O3. The lowest BCUT2D eigenvalue weighted by molar-refractivity contribution is 0.0919. The maximum absolute atomic E-state index is 12.7. The quantitative estimate of drug-likeness (QED) is 0.632. The topological polar surface area (TPSA) is 74.3 Å². The largest absolute Gasteiger partial charge is 0.485 e. The van der Waals surface area contributed by atoms with Gasteiger partial charge in [-0.2, -0.15) is 0 Å². The number of carbonyl (C=O) groups is 2. The molecule has 1 atom stereocenters. The zero-order valence-electron chi connectivity index (χ0n) is 16.3. The molecule has 0 radical (unpaired) electrons. The summed E-state index contributed by atoms with van der Waals surface area (Å²) >= 11 is 0. The predicted octanol–water partition coefficient (Wildman–Crippen LogP) is 4.07. The number of ketones is 1. The first-order valence-electron chi connectivity index (χ1n) is 9.17. The van der Waals surface area contributed by atoms with Crippen molar-refractivity contribution in [1.29, 1.82) is 0 Å². The van der Waals surface area contributed by atoms with E-state index < -0.39 is 5.91 Å². The summed E-state index contributed by atoms with van der Waals surface area (Å²) in [5, 5.41) is 0. The molecule has 1 aromatic heterocycles. The molecule has 28 heavy (non-hydrogen) atoms. The molecule has 0 aliphatic rings. The predicted molar refractivity (Wildman–Crippen MR) is 109 cm³/mol. The first-order chi connectivity index (χ1) is 13.4. The average molecular weight is 376 g/mol. The van der Waals surface area contributed by atoms with Gasteiger partial charge in [-0.05, 0) is 56.7 Å². The third kappa shape index (κ3) is 3.98. The second-order valence-corrected chi connectivity index (χ2v) is 6.84. The van der Waals surface area contributed by atoms with Crippen LogP contribution in [0.1, 0.15) is 50.6 Å². The van der Waals surface area contributed by atoms with E-state index in [0.717, 1.165) is 11.4 Å². The number of hydrogen-bond donors (Lipinski definition) is 1. The molecule has 0 aliphatic heterocycles. The van der Waals surface area contributed by atoms with Gasteiger partial charge in [0, 0.05) is 22.5 Å². The SMILES string of the molecule is Cc1cc(C(=O)COc2ccc(C(N)=O)cc2)c(C)n1[C@H](C)c1ccccc1. The van der Waals surface area contributed by atoms with Crippen LogP contribution in [0.15, 0.2) is 60.7 Å². The monoisotopic (exact) mass is 376 g/mol. The Bertz CT molecular complexity index is 989. The van der Waals surface area contributed by atoms with Gasteiger partial charge in [0.1, 0.15) is 5.75 Å². The average Bonchev–Trinajstić information content (AvgIpc) is 3.00. The summed E-state index contributed by atoms with van der Waals surface area (Å²) in [7, 11) is 0. The Balaban J connectivity index is 1.75. The summed E-state index contributed by atoms with van der Waals surface area (Å²) in [6, 6.07) is 18.7. The van der Waals surface area contributed by atoms with Gasteiger partial charge in [0.15, 0.2) is 6.61 Å². The van der Waals surface area contributed by atoms with E-state index in [1.165, 1.54) is 5.56 Å². The van der Waals surface area contributed by atoms with E-state index in [4.69, 9.17) is 10.5 Å². The second-order valence-electron chi connectivity index (χ2n) is 6.84. The van der Waals surface area contributed by atoms with Crippen molar-refractivity contribution in [2.24, 2.45) is 5.73 Å². The maximum atomic E-state index is 12.7. The minimum absolute atomic E-state index is 0.0695. The Morgan fingerprint density at radius 3 is 2.29 bits per heavy atom. The number of rotatable bonds is 7. The van der Waals surface area contributed by atoms with Gasteiger partial charge in [0.25, 0.3) is 0 Å². The van der Waals surface area contributed by atoms with Crippen LogP contribution in [0.25, 0.3) is 0 Å². The van der Waals surface area contributed by atoms with Crippen LogP contribution < -0.4 is 10.5 Å². The summed E-state index contributed by atoms with van der Waals surface area (Å²) in [6.45, 7) is 6.02. The number of ether oxygens (including phenoxy) is 1. The molecule has 5 nitrogen and oxygen atoms in total. The number of benzene rings is 2. The Morgan fingerprint density at radius 1 is 1.04 bits per heavy atom. The van der Waals surface area contributed by atoms with E-state index in [2.05, 4.69) is 23.6 Å². The zero-order chi connectivity index (χ0) is 20.3. The highest BCUT2D eigenvalue weighted by molar-refractivity contribution is 5.98. The van der Waals surface area contributed by atoms with Crippen molar-refractivity contribution in [2.45, 2.75) is 26.8 Å². The van der Waals surface area contributed by atoms with Gasteiger partial charge in [-0.3, -0.25) is 9.59 Å². The van der Waals surface area contributed by atoms with Gasteiger partial charge in [-0.15, -0.1) is 0 Å². The minimum Gasteiger partial charge on any atom is -0.485 e. The lowest BCUT2D eigenvalue weighted by Crippen LogP contribution is -2.15. The van der Waals surface area contributed by atoms with Crippen molar-refractivity contribution in [3.05, 3.63) is 88.7 Å². The molecule has 144 valence electrons. The molecule has 0 saturated heterocycles. The third-order valence-corrected chi connectivity index (χ3v) is 4.96. The van der Waals surface area contributed by atoms with Crippen LogP contribution in [-0.2, 0) is 0 Å². The lowest BCUT2D eigenvalue weighted by Gasteiger charge is -2.19. The molecule has 0 spiro atoms. The van der Waals surface area contributed by atoms with E-state index in [0.29, 0.717) is 16.9 Å². The number of aromatic nitrogens is 1. The summed E-state index contributed by atoms with van der Waals surface area (Å²) in [6.07, 6.45) is 0. The number of amides is 1. The molecule has 3 aromatic rings. The van der Waals surface area contributed by atoms with Crippen LogP contribution in [0.4, 0.5) is 0 Å². The van der Waals surface area contributed by atoms with Crippen LogP contribution >= 0.6 is 0 Å². The molecule has 3 rings (SSSR count). The highest BCUT2D eigenvalue weighted by Gasteiger charge is 2.20. The summed E-state index contributed by atoms with van der Waals surface area (Å²) in [5.41, 5.74) is 9.43. The smallest absolute Gasteiger partial charge is 0.248 e. The Labute approximate surface area is 164 Å². The zero-order valence-corrected chi connectivity index (χ0v) is 16.3. The van der Waals surface area contributed by atoms with E-state index in [1.807, 2.05) is 38.1 Å². The number of primary amides is 1. The number of nitrogens with two attached hydrogens (primary N) is 1. The molecule has 0 aliphatic carbocycles. The van der Waals surface area contributed by atoms with Crippen molar-refractivity contribution in [2.75, 3.05) is 6.61 Å². The van der Waals surface area contributed by atoms with Gasteiger partial charge in [0.2, 0.25) is 11.7 Å². The fourth-order valence-corrected chi connectivity index (χ4v) is 3.48. The molecule has 0 saturated carbocycles. The molecule has 5 heteroatoms. The standard InChI is InChI=1S/C23H24N2O3/c1-15-13-21(17(3)25(15)16(2)18-7-5-4-6-8-18)22(26)14-28-20-11-9-19(10-12-20)23(24)27/h4-13,16H,14H2,1-3H3,(H2,24,27)/t16-/m1/s1. The van der Waals surface area contributed by atoms with E-state index >= 15 is 0 Å². The van der Waals surface area contributed by atoms with Gasteiger partial charge in [0.05, 0.1) is 6.04 Å². The molecule has 1 heterocycles. The maximum Gasteiger partial charge on any atom is 0.248 e. The number of carbonyl (C=O) groups excluding carboxylic acids is 2. The third-order valence-electron chi connectivity index (χ3n) is 4.96. The lowest BCUT2D eigenvalue weighted by atomic mass is 10.1. The Hall–Kier alpha value is -3.34. The van der Waals surface area contributed by atoms with E-state index in [1.54, 1.807) is 24.3 Å². The van der Waals surface area contributed by atoms with Crippen molar-refractivity contribution in [1.82, 2.24) is 4.57 Å². The fourth-order valence-electron chi connectivity index (χ4n) is 3.48. The highest BCUT2D eigenvalue weighted by Crippen LogP contribution is 2.26. The number of hydrogen-bond acceptors (Lipinski definition) is 3. The van der Waals surface area contributed by atoms with Gasteiger partial charge < -0.3 is 15.0 Å². The first kappa shape index (κ1) is 19.4. The van der Waals surface area contributed by atoms with Crippen LogP contribution in [-0.4, -0.2) is 22.9 Å². The van der Waals surface area contributed by atoms with Gasteiger partial charge in [-0.1, -0.05) is 30.3 Å². The van der Waals surface area contributed by atoms with Crippen molar-refractivity contribution in [3.63, 3.8) is 0 Å². The number of aryl methyl sites for hydroxylation is 1. The fraction of sp³-hybridized carbons (Fsp3) is 0.217. The first-order valence-corrected chi connectivity index (χ1v) is 9.17. The van der Waals surface area contributed by atoms with Gasteiger partial charge >= 0.3 is 0 Å². The molecule has 0 unspecified atom stereocenters. The number of nitrogens with zero attached hydrogens (tertiary/aromatic N) is 1. The molecule has 2 N–H and O–H groups in total. The van der Waals surface area contributed by atoms with E-state index in [9.17, 15) is 9.59 Å². The van der Waals surface area contributed by atoms with Crippen LogP contribution in [0.2, 0.25) is 0 Å². The highest BCUT2D eigenvalue weighted by atomic mass is 16.5. The molecule has 0 bridgehead atoms. The minimum atomic E-state index is -0.498. The molecule has 0 fully saturated rings. The molecule has 1 amide bonds. The van der Waals surface area contributed by atoms with E-state index in [-0.39, 0.29) is 18.4 Å². The van der Waals surface area contributed by atoms with Crippen molar-refractivity contribution < 1.29 is 14.3 Å². The number of Topliss-reactive ketones (excluding diaryl/α,β-unsaturated/α-hetero) is 1. The molecular weight excluding hydrogens is 352 g/mol. The Kier molecular flexibility index (Phi) is 5.64. The second kappa shape index (κ2) is 8.13.